The molecule has 13 N–H and O–H groups in total. The van der Waals surface area contributed by atoms with Crippen molar-refractivity contribution >= 4 is 41.8 Å². The van der Waals surface area contributed by atoms with E-state index in [9.17, 15) is 99.9 Å². The number of hydrogen-bond acceptors (Lipinski definition) is 26. The molecule has 354 valence electrons. The van der Waals surface area contributed by atoms with Gasteiger partial charge in [-0.25, -0.2) is 33.6 Å². The van der Waals surface area contributed by atoms with Gasteiger partial charge in [0.25, 0.3) is 0 Å². The molecule has 0 radical (unpaired) electrons. The summed E-state index contributed by atoms with van der Waals surface area (Å²) < 4.78 is 38.6. The Morgan fingerprint density at radius 2 is 1.01 bits per heavy atom. The molecule has 0 aromatic heterocycles. The second kappa shape index (κ2) is 16.2. The molecular weight excluding hydrogens is 924 g/mol. The minimum absolute atomic E-state index is 0.324. The van der Waals surface area contributed by atoms with Crippen LogP contribution in [-0.2, 0) is 47.5 Å². The quantitative estimate of drug-likeness (QED) is 0.0744. The van der Waals surface area contributed by atoms with Gasteiger partial charge < -0.3 is 99.5 Å². The number of hydrogen-bond donors (Lipinski definition) is 13. The van der Waals surface area contributed by atoms with Crippen LogP contribution in [0.2, 0.25) is 0 Å². The Morgan fingerprint density at radius 3 is 1.59 bits per heavy atom. The highest BCUT2D eigenvalue weighted by Gasteiger charge is 2.57. The van der Waals surface area contributed by atoms with Gasteiger partial charge in [0.2, 0.25) is 35.7 Å². The number of phenols is 12. The second-order valence-corrected chi connectivity index (χ2v) is 14.9. The van der Waals surface area contributed by atoms with Crippen molar-refractivity contribution in [1.29, 1.82) is 0 Å². The molecule has 0 saturated carbocycles. The molecule has 0 aliphatic carbocycles. The Morgan fingerprint density at radius 1 is 0.529 bits per heavy atom. The Labute approximate surface area is 373 Å². The molecule has 1 saturated heterocycles. The number of aliphatic carboxylic acids is 1. The lowest BCUT2D eigenvalue weighted by Gasteiger charge is -2.44. The average Bonchev–Trinajstić information content (AvgIpc) is 3.29. The molecule has 1 fully saturated rings. The smallest absolute Gasteiger partial charge is 0.346 e. The highest BCUT2D eigenvalue weighted by atomic mass is 16.7. The molecule has 68 heavy (non-hydrogen) atoms. The van der Waals surface area contributed by atoms with E-state index in [2.05, 4.69) is 0 Å². The largest absolute Gasteiger partial charge is 0.504 e. The Hall–Kier alpha value is -9.53. The van der Waals surface area contributed by atoms with Crippen molar-refractivity contribution in [3.8, 4) is 80.1 Å². The summed E-state index contributed by atoms with van der Waals surface area (Å²) in [5.74, 6) is -30.7. The van der Waals surface area contributed by atoms with E-state index in [0.717, 1.165) is 0 Å². The number of carbonyl (C=O) groups is 7. The average molecular weight is 953 g/mol. The van der Waals surface area contributed by atoms with E-state index in [0.29, 0.717) is 36.4 Å². The summed E-state index contributed by atoms with van der Waals surface area (Å²) in [6.07, 6.45) is -14.7. The van der Waals surface area contributed by atoms with Gasteiger partial charge in [0, 0.05) is 22.8 Å². The van der Waals surface area contributed by atoms with Gasteiger partial charge in [-0.15, -0.1) is 0 Å². The maximum atomic E-state index is 14.6. The molecule has 0 amide bonds. The molecule has 4 aromatic carbocycles. The van der Waals surface area contributed by atoms with Gasteiger partial charge in [0.15, 0.2) is 64.0 Å². The summed E-state index contributed by atoms with van der Waals surface area (Å²) in [4.78, 5) is 96.8. The van der Waals surface area contributed by atoms with E-state index < -0.39 is 205 Å². The van der Waals surface area contributed by atoms with Gasteiger partial charge in [-0.1, -0.05) is 0 Å². The lowest BCUT2D eigenvalue weighted by Crippen LogP contribution is -2.63. The van der Waals surface area contributed by atoms with E-state index in [1.54, 1.807) is 0 Å². The predicted molar refractivity (Wildman–Crippen MR) is 206 cm³/mol. The van der Waals surface area contributed by atoms with Gasteiger partial charge in [-0.05, 0) is 30.3 Å². The SMILES string of the molecule is O=C1C=C2C(=O)O[C@H]3[C@@H]4OC(=O)c5cc(O)c(O)c(O)c5-c5c(cc(O)c(O)c5O)C(=O)OC[C@H]3O[C@@H](OC(=O)c3cc(O)c(O)c(O)c3)[C@@H]4OC(=O)c3cc(O)c(O)c(O)c3[C@H]2[C@@H](C(=O)O)O1. The maximum absolute atomic E-state index is 14.6. The zero-order valence-electron chi connectivity index (χ0n) is 33.2. The molecule has 0 spiro atoms. The van der Waals surface area contributed by atoms with Crippen LogP contribution in [0.25, 0.3) is 11.1 Å². The summed E-state index contributed by atoms with van der Waals surface area (Å²) in [7, 11) is 0. The van der Waals surface area contributed by atoms with Crippen LogP contribution in [0.5, 0.6) is 69.0 Å². The third-order valence-electron chi connectivity index (χ3n) is 10.9. The van der Waals surface area contributed by atoms with Crippen molar-refractivity contribution in [2.24, 2.45) is 0 Å². The molecule has 4 heterocycles. The molecule has 8 rings (SSSR count). The number of carbonyl (C=O) groups excluding carboxylic acids is 6. The third-order valence-corrected chi connectivity index (χ3v) is 10.9. The zero-order valence-corrected chi connectivity index (χ0v) is 33.2. The Kier molecular flexibility index (Phi) is 10.7. The number of carboxylic acid groups (broad SMARTS) is 1. The topological polar surface area (TPSA) is 447 Å². The number of rotatable bonds is 3. The number of fused-ring (bicyclic) bond motifs is 6. The lowest BCUT2D eigenvalue weighted by molar-refractivity contribution is -0.286. The summed E-state index contributed by atoms with van der Waals surface area (Å²) in [5, 5.41) is 137. The van der Waals surface area contributed by atoms with E-state index in [4.69, 9.17) is 33.2 Å². The summed E-state index contributed by atoms with van der Waals surface area (Å²) >= 11 is 0. The fourth-order valence-electron chi connectivity index (χ4n) is 7.76. The molecule has 0 unspecified atom stereocenters. The van der Waals surface area contributed by atoms with Crippen LogP contribution in [0.15, 0.2) is 42.0 Å². The van der Waals surface area contributed by atoms with Crippen LogP contribution < -0.4 is 0 Å². The van der Waals surface area contributed by atoms with Crippen molar-refractivity contribution in [3.05, 3.63) is 69.8 Å². The first-order valence-electron chi connectivity index (χ1n) is 18.9. The van der Waals surface area contributed by atoms with E-state index >= 15 is 0 Å². The number of phenolic OH excluding ortho intramolecular Hbond substituents is 12. The van der Waals surface area contributed by atoms with E-state index in [1.807, 2.05) is 0 Å². The van der Waals surface area contributed by atoms with Gasteiger partial charge in [-0.2, -0.15) is 0 Å². The summed E-state index contributed by atoms with van der Waals surface area (Å²) in [5.41, 5.74) is -8.58. The fraction of sp³-hybridized carbons (Fsp3) is 0.195. The molecule has 27 heteroatoms. The fourth-order valence-corrected chi connectivity index (χ4v) is 7.76. The minimum atomic E-state index is -2.61. The molecular formula is C41H28O27. The van der Waals surface area contributed by atoms with Crippen molar-refractivity contribution < 1.29 is 133 Å². The lowest BCUT2D eigenvalue weighted by atomic mass is 9.81. The first-order valence-corrected chi connectivity index (χ1v) is 18.9. The van der Waals surface area contributed by atoms with Crippen molar-refractivity contribution in [1.82, 2.24) is 0 Å². The van der Waals surface area contributed by atoms with Crippen molar-refractivity contribution in [2.75, 3.05) is 6.61 Å². The highest BCUT2D eigenvalue weighted by molar-refractivity contribution is 6.09. The molecule has 7 atom stereocenters. The predicted octanol–water partition coefficient (Wildman–Crippen LogP) is 0.269. The van der Waals surface area contributed by atoms with Crippen molar-refractivity contribution in [3.63, 3.8) is 0 Å². The third kappa shape index (κ3) is 7.19. The Bertz CT molecular complexity index is 2960. The number of ether oxygens (including phenoxy) is 7. The van der Waals surface area contributed by atoms with Crippen LogP contribution in [0, 0.1) is 0 Å². The summed E-state index contributed by atoms with van der Waals surface area (Å²) in [6.45, 7) is -1.31. The van der Waals surface area contributed by atoms with Gasteiger partial charge in [0.1, 0.15) is 12.7 Å². The first-order chi connectivity index (χ1) is 32.0. The molecule has 4 bridgehead atoms. The standard InChI is InChI=1S/C41H28O27/c42-13-1-8(2-14(43)24(13)48)36(57)68-41-34-33-31(65-40(61)12-6-19(47)64-32(35(55)56)23(12)22-11(39(60)67-34)5-17(46)27(51)30(22)54)18(63-41)7-62-37(58)9-3-15(44)25(49)28(52)20(9)21-10(38(59)66-33)4-16(45)26(50)29(21)53/h1-6,18,23,31-34,41-46,48-54H,7H2,(H,55,56)/t18-,23+,31-,32+,33+,34-,41+/m1/s1. The molecule has 4 aliphatic heterocycles. The highest BCUT2D eigenvalue weighted by Crippen LogP contribution is 2.54. The zero-order chi connectivity index (χ0) is 49.5. The Balaban J connectivity index is 1.40. The van der Waals surface area contributed by atoms with Gasteiger partial charge in [0.05, 0.1) is 33.7 Å². The molecule has 27 nitrogen and oxygen atoms in total. The number of carboxylic acids is 1. The first kappa shape index (κ1) is 45.1. The van der Waals surface area contributed by atoms with Crippen LogP contribution in [0.4, 0.5) is 0 Å². The number of benzene rings is 4. The second-order valence-electron chi connectivity index (χ2n) is 14.9. The molecule has 4 aliphatic rings. The van der Waals surface area contributed by atoms with Crippen LogP contribution in [0.1, 0.15) is 52.9 Å². The monoisotopic (exact) mass is 952 g/mol. The normalized spacial score (nSPS) is 23.3. The van der Waals surface area contributed by atoms with E-state index in [-0.39, 0.29) is 0 Å². The minimum Gasteiger partial charge on any atom is -0.504 e. The maximum Gasteiger partial charge on any atom is 0.346 e. The number of esters is 6. The summed E-state index contributed by atoms with van der Waals surface area (Å²) in [6, 6.07) is 2.26. The van der Waals surface area contributed by atoms with Crippen LogP contribution >= 0.6 is 0 Å². The van der Waals surface area contributed by atoms with Crippen LogP contribution in [-0.4, -0.2) is 152 Å². The van der Waals surface area contributed by atoms with Gasteiger partial charge >= 0.3 is 41.8 Å². The van der Waals surface area contributed by atoms with Crippen LogP contribution in [0.3, 0.4) is 0 Å². The van der Waals surface area contributed by atoms with E-state index in [1.165, 1.54) is 0 Å². The van der Waals surface area contributed by atoms with Gasteiger partial charge in [-0.3, -0.25) is 0 Å². The number of cyclic esters (lactones) is 2. The molecule has 4 aromatic rings. The van der Waals surface area contributed by atoms with Crippen molar-refractivity contribution in [2.45, 2.75) is 42.7 Å². The number of aromatic hydroxyl groups is 12.